The van der Waals surface area contributed by atoms with Gasteiger partial charge in [0.05, 0.1) is 0 Å². The zero-order chi connectivity index (χ0) is 12.5. The third kappa shape index (κ3) is 2.24. The highest BCUT2D eigenvalue weighted by Gasteiger charge is 2.35. The molecule has 0 aliphatic carbocycles. The average Bonchev–Trinajstić information content (AvgIpc) is 2.33. The number of rotatable bonds is 2. The van der Waals surface area contributed by atoms with Gasteiger partial charge in [-0.25, -0.2) is 0 Å². The van der Waals surface area contributed by atoms with Gasteiger partial charge in [0.15, 0.2) is 0 Å². The fourth-order valence-electron chi connectivity index (χ4n) is 3.59. The summed E-state index contributed by atoms with van der Waals surface area (Å²) in [5.41, 5.74) is 2.51. The number of hydrogen-bond acceptors (Lipinski definition) is 3. The fourth-order valence-corrected chi connectivity index (χ4v) is 3.59. The van der Waals surface area contributed by atoms with Crippen molar-refractivity contribution in [2.75, 3.05) is 12.4 Å². The summed E-state index contributed by atoms with van der Waals surface area (Å²) in [4.78, 5) is 6.77. The monoisotopic (exact) mass is 245 g/mol. The van der Waals surface area contributed by atoms with E-state index in [1.807, 2.05) is 12.4 Å². The molecule has 2 atom stereocenters. The second-order valence-corrected chi connectivity index (χ2v) is 5.91. The number of fused-ring (bicyclic) bond motifs is 2. The molecule has 18 heavy (non-hydrogen) atoms. The highest BCUT2D eigenvalue weighted by atomic mass is 15.2. The number of nitrogens with zero attached hydrogens (tertiary/aromatic N) is 2. The minimum absolute atomic E-state index is 0.637. The Morgan fingerprint density at radius 3 is 2.67 bits per heavy atom. The van der Waals surface area contributed by atoms with E-state index in [9.17, 15) is 0 Å². The van der Waals surface area contributed by atoms with Gasteiger partial charge in [-0.3, -0.25) is 4.98 Å². The maximum Gasteiger partial charge on any atom is 0.0402 e. The van der Waals surface area contributed by atoms with Crippen LogP contribution in [-0.4, -0.2) is 35.1 Å². The van der Waals surface area contributed by atoms with Gasteiger partial charge < -0.3 is 10.2 Å². The van der Waals surface area contributed by atoms with E-state index >= 15 is 0 Å². The number of pyridine rings is 1. The van der Waals surface area contributed by atoms with Crippen LogP contribution in [0.5, 0.6) is 0 Å². The molecule has 2 aliphatic heterocycles. The van der Waals surface area contributed by atoms with Gasteiger partial charge in [-0.2, -0.15) is 0 Å². The molecule has 3 nitrogen and oxygen atoms in total. The lowest BCUT2D eigenvalue weighted by atomic mass is 9.82. The molecular formula is C15H23N3. The van der Waals surface area contributed by atoms with Crippen molar-refractivity contribution < 1.29 is 0 Å². The first-order valence-electron chi connectivity index (χ1n) is 7.13. The Bertz CT molecular complexity index is 404. The quantitative estimate of drug-likeness (QED) is 0.868. The van der Waals surface area contributed by atoms with Gasteiger partial charge >= 0.3 is 0 Å². The Labute approximate surface area is 110 Å². The predicted octanol–water partition coefficient (Wildman–Crippen LogP) is 2.82. The number of nitrogens with one attached hydrogen (secondary N) is 1. The summed E-state index contributed by atoms with van der Waals surface area (Å²) in [5, 5.41) is 3.73. The predicted molar refractivity (Wildman–Crippen MR) is 74.8 cm³/mol. The molecule has 3 rings (SSSR count). The summed E-state index contributed by atoms with van der Waals surface area (Å²) in [6.07, 6.45) is 10.6. The molecule has 2 unspecified atom stereocenters. The molecule has 3 heteroatoms. The van der Waals surface area contributed by atoms with Crippen molar-refractivity contribution in [2.45, 2.75) is 57.2 Å². The SMILES string of the molecule is Cc1cnccc1NC1CC2CCCC(C1)N2C. The number of piperidine rings is 2. The summed E-state index contributed by atoms with van der Waals surface area (Å²) in [5.74, 6) is 0. The molecule has 0 radical (unpaired) electrons. The fraction of sp³-hybridized carbons (Fsp3) is 0.667. The molecule has 1 aromatic heterocycles. The van der Waals surface area contributed by atoms with Crippen LogP contribution in [-0.2, 0) is 0 Å². The Morgan fingerprint density at radius 1 is 1.28 bits per heavy atom. The molecule has 1 N–H and O–H groups in total. The van der Waals surface area contributed by atoms with Crippen molar-refractivity contribution in [1.82, 2.24) is 9.88 Å². The van der Waals surface area contributed by atoms with E-state index in [4.69, 9.17) is 0 Å². The van der Waals surface area contributed by atoms with Gasteiger partial charge in [-0.15, -0.1) is 0 Å². The molecule has 1 aromatic rings. The standard InChI is InChI=1S/C15H23N3/c1-11-10-16-7-6-15(11)17-12-8-13-4-3-5-14(9-12)18(13)2/h6-7,10,12-14H,3-5,8-9H2,1-2H3,(H,16,17). The second-order valence-electron chi connectivity index (χ2n) is 5.91. The smallest absolute Gasteiger partial charge is 0.0402 e. The van der Waals surface area contributed by atoms with Crippen molar-refractivity contribution in [3.63, 3.8) is 0 Å². The van der Waals surface area contributed by atoms with Crippen LogP contribution >= 0.6 is 0 Å². The molecule has 98 valence electrons. The van der Waals surface area contributed by atoms with E-state index in [0.717, 1.165) is 12.1 Å². The topological polar surface area (TPSA) is 28.2 Å². The first-order chi connectivity index (χ1) is 8.74. The minimum atomic E-state index is 0.637. The van der Waals surface area contributed by atoms with Crippen LogP contribution in [0.1, 0.15) is 37.7 Å². The molecule has 2 saturated heterocycles. The van der Waals surface area contributed by atoms with Crippen LogP contribution in [0.2, 0.25) is 0 Å². The zero-order valence-corrected chi connectivity index (χ0v) is 11.4. The molecule has 2 fully saturated rings. The lowest BCUT2D eigenvalue weighted by molar-refractivity contribution is 0.0608. The zero-order valence-electron chi connectivity index (χ0n) is 11.4. The number of aromatic nitrogens is 1. The molecule has 0 aromatic carbocycles. The summed E-state index contributed by atoms with van der Waals surface area (Å²) >= 11 is 0. The van der Waals surface area contributed by atoms with Crippen LogP contribution in [0.25, 0.3) is 0 Å². The summed E-state index contributed by atoms with van der Waals surface area (Å²) in [7, 11) is 2.31. The van der Waals surface area contributed by atoms with E-state index in [1.54, 1.807) is 0 Å². The van der Waals surface area contributed by atoms with Crippen LogP contribution in [0.3, 0.4) is 0 Å². The number of aryl methyl sites for hydroxylation is 1. The highest BCUT2D eigenvalue weighted by molar-refractivity contribution is 5.49. The lowest BCUT2D eigenvalue weighted by Crippen LogP contribution is -2.52. The normalized spacial score (nSPS) is 32.2. The van der Waals surface area contributed by atoms with Crippen molar-refractivity contribution in [1.29, 1.82) is 0 Å². The van der Waals surface area contributed by atoms with Crippen molar-refractivity contribution in [3.8, 4) is 0 Å². The molecule has 3 heterocycles. The van der Waals surface area contributed by atoms with Crippen LogP contribution in [0.15, 0.2) is 18.5 Å². The van der Waals surface area contributed by atoms with E-state index in [-0.39, 0.29) is 0 Å². The summed E-state index contributed by atoms with van der Waals surface area (Å²) < 4.78 is 0. The maximum atomic E-state index is 4.16. The Balaban J connectivity index is 1.70. The largest absolute Gasteiger partial charge is 0.382 e. The van der Waals surface area contributed by atoms with E-state index in [1.165, 1.54) is 43.4 Å². The Hall–Kier alpha value is -1.09. The van der Waals surface area contributed by atoms with Gasteiger partial charge in [-0.1, -0.05) is 6.42 Å². The minimum Gasteiger partial charge on any atom is -0.382 e. The first kappa shape index (κ1) is 12.0. The van der Waals surface area contributed by atoms with E-state index in [0.29, 0.717) is 6.04 Å². The molecular weight excluding hydrogens is 222 g/mol. The molecule has 0 amide bonds. The van der Waals surface area contributed by atoms with Gasteiger partial charge in [-0.05, 0) is 51.3 Å². The third-order valence-corrected chi connectivity index (χ3v) is 4.72. The van der Waals surface area contributed by atoms with Crippen molar-refractivity contribution >= 4 is 5.69 Å². The average molecular weight is 245 g/mol. The van der Waals surface area contributed by atoms with Gasteiger partial charge in [0.25, 0.3) is 0 Å². The van der Waals surface area contributed by atoms with Crippen LogP contribution in [0.4, 0.5) is 5.69 Å². The van der Waals surface area contributed by atoms with Crippen molar-refractivity contribution in [3.05, 3.63) is 24.0 Å². The summed E-state index contributed by atoms with van der Waals surface area (Å²) in [6, 6.07) is 4.32. The highest BCUT2D eigenvalue weighted by Crippen LogP contribution is 2.34. The second kappa shape index (κ2) is 4.88. The number of anilines is 1. The number of hydrogen-bond donors (Lipinski definition) is 1. The van der Waals surface area contributed by atoms with E-state index in [2.05, 4.69) is 35.2 Å². The molecule has 2 aliphatic rings. The Kier molecular flexibility index (Phi) is 3.25. The Morgan fingerprint density at radius 2 is 2.00 bits per heavy atom. The van der Waals surface area contributed by atoms with Gasteiger partial charge in [0, 0.05) is 36.2 Å². The van der Waals surface area contributed by atoms with Crippen LogP contribution in [0, 0.1) is 6.92 Å². The lowest BCUT2D eigenvalue weighted by Gasteiger charge is -2.47. The molecule has 0 saturated carbocycles. The maximum absolute atomic E-state index is 4.16. The van der Waals surface area contributed by atoms with Gasteiger partial charge in [0.2, 0.25) is 0 Å². The van der Waals surface area contributed by atoms with E-state index < -0.39 is 0 Å². The molecule has 2 bridgehead atoms. The van der Waals surface area contributed by atoms with Crippen LogP contribution < -0.4 is 5.32 Å². The first-order valence-corrected chi connectivity index (χ1v) is 7.13. The summed E-state index contributed by atoms with van der Waals surface area (Å²) in [6.45, 7) is 2.13. The van der Waals surface area contributed by atoms with Crippen molar-refractivity contribution in [2.24, 2.45) is 0 Å². The molecule has 0 spiro atoms. The van der Waals surface area contributed by atoms with Gasteiger partial charge in [0.1, 0.15) is 0 Å². The third-order valence-electron chi connectivity index (χ3n) is 4.72.